The first-order valence-electron chi connectivity index (χ1n) is 5.91. The number of nitrogens with one attached hydrogen (secondary N) is 1. The minimum atomic E-state index is -0.459. The van der Waals surface area contributed by atoms with Crippen LogP contribution in [0.1, 0.15) is 17.1 Å². The molecule has 0 aliphatic heterocycles. The molecule has 0 saturated carbocycles. The maximum atomic E-state index is 13.0. The van der Waals surface area contributed by atoms with Crippen molar-refractivity contribution < 1.29 is 13.5 Å². The number of hydrogen-bond donors (Lipinski definition) is 1. The number of ether oxygens (including phenoxy) is 1. The van der Waals surface area contributed by atoms with Crippen LogP contribution in [0.15, 0.2) is 28.7 Å². The molecule has 3 nitrogen and oxygen atoms in total. The Morgan fingerprint density at radius 1 is 1.37 bits per heavy atom. The van der Waals surface area contributed by atoms with E-state index in [0.29, 0.717) is 5.75 Å². The Hall–Kier alpha value is -1.52. The van der Waals surface area contributed by atoms with E-state index in [9.17, 15) is 4.39 Å². The maximum absolute atomic E-state index is 13.0. The van der Waals surface area contributed by atoms with Gasteiger partial charge in [0.05, 0.1) is 5.02 Å². The van der Waals surface area contributed by atoms with E-state index in [4.69, 9.17) is 20.8 Å². The second-order valence-electron chi connectivity index (χ2n) is 4.19. The molecule has 1 N–H and O–H groups in total. The molecule has 0 atom stereocenters. The van der Waals surface area contributed by atoms with Crippen molar-refractivity contribution >= 4 is 11.6 Å². The molecule has 2 rings (SSSR count). The van der Waals surface area contributed by atoms with Crippen molar-refractivity contribution in [3.8, 4) is 5.75 Å². The van der Waals surface area contributed by atoms with Crippen LogP contribution >= 0.6 is 11.6 Å². The predicted octanol–water partition coefficient (Wildman–Crippen LogP) is 3.68. The highest BCUT2D eigenvalue weighted by Gasteiger charge is 2.08. The fourth-order valence-electron chi connectivity index (χ4n) is 1.75. The summed E-state index contributed by atoms with van der Waals surface area (Å²) in [7, 11) is 1.88. The highest BCUT2D eigenvalue weighted by atomic mass is 35.5. The van der Waals surface area contributed by atoms with Gasteiger partial charge in [-0.2, -0.15) is 0 Å². The van der Waals surface area contributed by atoms with Gasteiger partial charge in [0.15, 0.2) is 0 Å². The molecule has 0 saturated heterocycles. The molecule has 102 valence electrons. The Morgan fingerprint density at radius 3 is 2.84 bits per heavy atom. The van der Waals surface area contributed by atoms with E-state index in [0.717, 1.165) is 23.6 Å². The second-order valence-corrected chi connectivity index (χ2v) is 4.60. The first kappa shape index (κ1) is 13.9. The van der Waals surface area contributed by atoms with E-state index in [-0.39, 0.29) is 11.6 Å². The summed E-state index contributed by atoms with van der Waals surface area (Å²) in [5.74, 6) is 1.64. The van der Waals surface area contributed by atoms with E-state index in [1.54, 1.807) is 0 Å². The normalized spacial score (nSPS) is 10.7. The summed E-state index contributed by atoms with van der Waals surface area (Å²) in [5, 5.41) is 3.11. The summed E-state index contributed by atoms with van der Waals surface area (Å²) >= 11 is 5.68. The van der Waals surface area contributed by atoms with E-state index in [1.807, 2.05) is 20.0 Å². The molecule has 0 unspecified atom stereocenters. The zero-order valence-electron chi connectivity index (χ0n) is 10.8. The van der Waals surface area contributed by atoms with Crippen molar-refractivity contribution in [2.75, 3.05) is 7.05 Å². The van der Waals surface area contributed by atoms with E-state index < -0.39 is 5.82 Å². The summed E-state index contributed by atoms with van der Waals surface area (Å²) in [5.41, 5.74) is 1.10. The Balaban J connectivity index is 2.01. The second kappa shape index (κ2) is 6.08. The number of hydrogen-bond acceptors (Lipinski definition) is 3. The quantitative estimate of drug-likeness (QED) is 0.909. The van der Waals surface area contributed by atoms with Gasteiger partial charge in [0, 0.05) is 18.2 Å². The number of aryl methyl sites for hydroxylation is 1. The van der Waals surface area contributed by atoms with Crippen LogP contribution < -0.4 is 10.1 Å². The molecule has 0 spiro atoms. The third-order valence-electron chi connectivity index (χ3n) is 2.71. The molecule has 0 radical (unpaired) electrons. The van der Waals surface area contributed by atoms with Crippen molar-refractivity contribution in [3.05, 3.63) is 52.2 Å². The van der Waals surface area contributed by atoms with Crippen molar-refractivity contribution in [1.82, 2.24) is 5.32 Å². The fraction of sp³-hybridized carbons (Fsp3) is 0.286. The van der Waals surface area contributed by atoms with Gasteiger partial charge in [0.25, 0.3) is 0 Å². The zero-order valence-corrected chi connectivity index (χ0v) is 11.6. The van der Waals surface area contributed by atoms with Gasteiger partial charge in [-0.3, -0.25) is 0 Å². The Labute approximate surface area is 116 Å². The fourth-order valence-corrected chi connectivity index (χ4v) is 1.92. The van der Waals surface area contributed by atoms with Gasteiger partial charge in [0.2, 0.25) is 0 Å². The molecular weight excluding hydrogens is 269 g/mol. The lowest BCUT2D eigenvalue weighted by atomic mass is 10.2. The van der Waals surface area contributed by atoms with E-state index in [2.05, 4.69) is 5.32 Å². The minimum absolute atomic E-state index is 0.0454. The topological polar surface area (TPSA) is 34.4 Å². The number of rotatable bonds is 5. The Bertz CT molecular complexity index is 569. The van der Waals surface area contributed by atoms with Gasteiger partial charge in [-0.1, -0.05) is 11.6 Å². The standard InChI is InChI=1S/C14H15ClFNO2/c1-9-10(7-17-2)5-12(19-9)8-18-11-3-4-14(16)13(15)6-11/h3-6,17H,7-8H2,1-2H3. The highest BCUT2D eigenvalue weighted by Crippen LogP contribution is 2.22. The Kier molecular flexibility index (Phi) is 4.45. The molecule has 1 heterocycles. The van der Waals surface area contributed by atoms with Crippen molar-refractivity contribution in [2.24, 2.45) is 0 Å². The number of furan rings is 1. The van der Waals surface area contributed by atoms with Crippen LogP contribution in [0.4, 0.5) is 4.39 Å². The van der Waals surface area contributed by atoms with Crippen molar-refractivity contribution in [2.45, 2.75) is 20.1 Å². The van der Waals surface area contributed by atoms with Gasteiger partial charge in [0.1, 0.15) is 29.7 Å². The first-order chi connectivity index (χ1) is 9.10. The van der Waals surface area contributed by atoms with Crippen LogP contribution in [0.5, 0.6) is 5.75 Å². The van der Waals surface area contributed by atoms with Gasteiger partial charge in [-0.05, 0) is 32.2 Å². The van der Waals surface area contributed by atoms with Crippen LogP contribution in [-0.4, -0.2) is 7.05 Å². The lowest BCUT2D eigenvalue weighted by Crippen LogP contribution is -2.04. The smallest absolute Gasteiger partial charge is 0.146 e. The lowest BCUT2D eigenvalue weighted by Gasteiger charge is -2.04. The summed E-state index contributed by atoms with van der Waals surface area (Å²) in [6, 6.07) is 6.20. The average molecular weight is 284 g/mol. The van der Waals surface area contributed by atoms with E-state index >= 15 is 0 Å². The molecule has 1 aromatic carbocycles. The molecule has 0 aliphatic carbocycles. The van der Waals surface area contributed by atoms with Crippen molar-refractivity contribution in [1.29, 1.82) is 0 Å². The van der Waals surface area contributed by atoms with Gasteiger partial charge >= 0.3 is 0 Å². The third kappa shape index (κ3) is 3.49. The molecule has 19 heavy (non-hydrogen) atoms. The molecule has 2 aromatic rings. The predicted molar refractivity (Wildman–Crippen MR) is 72.0 cm³/mol. The largest absolute Gasteiger partial charge is 0.486 e. The van der Waals surface area contributed by atoms with Crippen LogP contribution in [-0.2, 0) is 13.2 Å². The third-order valence-corrected chi connectivity index (χ3v) is 3.00. The minimum Gasteiger partial charge on any atom is -0.486 e. The zero-order chi connectivity index (χ0) is 13.8. The van der Waals surface area contributed by atoms with Crippen LogP contribution in [0, 0.1) is 12.7 Å². The molecular formula is C14H15ClFNO2. The van der Waals surface area contributed by atoms with Crippen LogP contribution in [0.2, 0.25) is 5.02 Å². The highest BCUT2D eigenvalue weighted by molar-refractivity contribution is 6.30. The molecule has 0 aliphatic rings. The summed E-state index contributed by atoms with van der Waals surface area (Å²) in [4.78, 5) is 0. The monoisotopic (exact) mass is 283 g/mol. The SMILES string of the molecule is CNCc1cc(COc2ccc(F)c(Cl)c2)oc1C. The van der Waals surface area contributed by atoms with Crippen LogP contribution in [0.3, 0.4) is 0 Å². The van der Waals surface area contributed by atoms with Gasteiger partial charge < -0.3 is 14.5 Å². The van der Waals surface area contributed by atoms with Crippen LogP contribution in [0.25, 0.3) is 0 Å². The van der Waals surface area contributed by atoms with Gasteiger partial charge in [-0.15, -0.1) is 0 Å². The molecule has 5 heteroatoms. The number of halogens is 2. The molecule has 0 amide bonds. The van der Waals surface area contributed by atoms with Gasteiger partial charge in [-0.25, -0.2) is 4.39 Å². The molecule has 0 fully saturated rings. The molecule has 1 aromatic heterocycles. The summed E-state index contributed by atoms with van der Waals surface area (Å²) in [6.07, 6.45) is 0. The maximum Gasteiger partial charge on any atom is 0.146 e. The summed E-state index contributed by atoms with van der Waals surface area (Å²) < 4.78 is 24.1. The first-order valence-corrected chi connectivity index (χ1v) is 6.28. The lowest BCUT2D eigenvalue weighted by molar-refractivity contribution is 0.267. The average Bonchev–Trinajstić information content (AvgIpc) is 2.72. The van der Waals surface area contributed by atoms with Crippen molar-refractivity contribution in [3.63, 3.8) is 0 Å². The Morgan fingerprint density at radius 2 is 2.16 bits per heavy atom. The number of benzene rings is 1. The van der Waals surface area contributed by atoms with E-state index in [1.165, 1.54) is 18.2 Å². The molecule has 0 bridgehead atoms. The summed E-state index contributed by atoms with van der Waals surface area (Å²) in [6.45, 7) is 2.94.